The Kier molecular flexibility index (Phi) is 7.04. The molecular formula is C15H21N3O10. The van der Waals surface area contributed by atoms with Crippen molar-refractivity contribution >= 4 is 11.9 Å². The molecule has 0 spiro atoms. The van der Waals surface area contributed by atoms with E-state index in [9.17, 15) is 34.5 Å². The number of aliphatic hydroxyl groups excluding tert-OH is 3. The minimum absolute atomic E-state index is 0.240. The number of carboxylic acids is 2. The van der Waals surface area contributed by atoms with Crippen LogP contribution in [0.25, 0.3) is 0 Å². The van der Waals surface area contributed by atoms with Gasteiger partial charge in [-0.25, -0.2) is 4.79 Å². The molecule has 0 bridgehead atoms. The lowest BCUT2D eigenvalue weighted by Gasteiger charge is -2.31. The van der Waals surface area contributed by atoms with E-state index in [0.717, 1.165) is 21.7 Å². The highest BCUT2D eigenvalue weighted by Gasteiger charge is 2.48. The highest BCUT2D eigenvalue weighted by molar-refractivity contribution is 5.67. The highest BCUT2D eigenvalue weighted by atomic mass is 16.6. The van der Waals surface area contributed by atoms with E-state index in [2.05, 4.69) is 0 Å². The Bertz CT molecular complexity index is 803. The van der Waals surface area contributed by atoms with Crippen molar-refractivity contribution in [1.29, 1.82) is 0 Å². The molecule has 1 aromatic rings. The van der Waals surface area contributed by atoms with E-state index in [0.29, 0.717) is 0 Å². The molecule has 0 saturated carbocycles. The van der Waals surface area contributed by atoms with Crippen molar-refractivity contribution in [3.63, 3.8) is 0 Å². The number of aliphatic carboxylic acids is 2. The van der Waals surface area contributed by atoms with Gasteiger partial charge in [0.2, 0.25) is 0 Å². The van der Waals surface area contributed by atoms with Gasteiger partial charge in [-0.1, -0.05) is 0 Å². The van der Waals surface area contributed by atoms with Gasteiger partial charge in [0, 0.05) is 25.4 Å². The summed E-state index contributed by atoms with van der Waals surface area (Å²) in [4.78, 5) is 47.7. The maximum Gasteiger partial charge on any atom is 0.330 e. The van der Waals surface area contributed by atoms with Crippen LogP contribution in [0.15, 0.2) is 21.9 Å². The molecule has 1 fully saturated rings. The Morgan fingerprint density at radius 1 is 1.14 bits per heavy atom. The standard InChI is InChI=1S/C15H21N3O10/c19-7-1-6-18(15(27)16-7)14-11(25)10(24)12(28-14)13(26)17(4-2-8(20)21)5-3-9(22)23/h1,6,10-14,24-26H,2-5H2,(H,20,21)(H,22,23)(H,16,19,27)/t10-,11+,12-,13?,14+/m0/s1. The van der Waals surface area contributed by atoms with Gasteiger partial charge in [-0.15, -0.1) is 0 Å². The maximum atomic E-state index is 11.9. The zero-order chi connectivity index (χ0) is 21.0. The highest BCUT2D eigenvalue weighted by Crippen LogP contribution is 2.31. The molecule has 6 N–H and O–H groups in total. The molecule has 1 unspecified atom stereocenters. The van der Waals surface area contributed by atoms with Crippen LogP contribution in [0.2, 0.25) is 0 Å². The van der Waals surface area contributed by atoms with Crippen molar-refractivity contribution in [2.45, 2.75) is 43.6 Å². The summed E-state index contributed by atoms with van der Waals surface area (Å²) >= 11 is 0. The summed E-state index contributed by atoms with van der Waals surface area (Å²) < 4.78 is 6.22. The first kappa shape index (κ1) is 21.7. The topological polar surface area (TPSA) is 203 Å². The fourth-order valence-electron chi connectivity index (χ4n) is 2.85. The third kappa shape index (κ3) is 5.02. The molecule has 13 heteroatoms. The molecule has 1 saturated heterocycles. The average molecular weight is 403 g/mol. The van der Waals surface area contributed by atoms with Crippen molar-refractivity contribution in [3.05, 3.63) is 33.1 Å². The number of carbonyl (C=O) groups is 2. The van der Waals surface area contributed by atoms with Gasteiger partial charge < -0.3 is 30.3 Å². The molecule has 1 aliphatic heterocycles. The van der Waals surface area contributed by atoms with Crippen LogP contribution in [-0.2, 0) is 14.3 Å². The van der Waals surface area contributed by atoms with Crippen LogP contribution in [0, 0.1) is 0 Å². The Hall–Kier alpha value is -2.58. The van der Waals surface area contributed by atoms with Crippen LogP contribution in [0.1, 0.15) is 19.1 Å². The van der Waals surface area contributed by atoms with Crippen LogP contribution in [0.3, 0.4) is 0 Å². The van der Waals surface area contributed by atoms with Gasteiger partial charge >= 0.3 is 17.6 Å². The zero-order valence-electron chi connectivity index (χ0n) is 14.5. The lowest BCUT2D eigenvalue weighted by atomic mass is 10.1. The number of hydrogen-bond donors (Lipinski definition) is 6. The van der Waals surface area contributed by atoms with E-state index in [4.69, 9.17) is 14.9 Å². The second kappa shape index (κ2) is 9.07. The van der Waals surface area contributed by atoms with Crippen LogP contribution in [0.4, 0.5) is 0 Å². The predicted octanol–water partition coefficient (Wildman–Crippen LogP) is -3.27. The quantitative estimate of drug-likeness (QED) is 0.226. The van der Waals surface area contributed by atoms with Gasteiger partial charge in [0.25, 0.3) is 5.56 Å². The first-order chi connectivity index (χ1) is 13.1. The van der Waals surface area contributed by atoms with Crippen LogP contribution >= 0.6 is 0 Å². The number of nitrogens with one attached hydrogen (secondary N) is 1. The summed E-state index contributed by atoms with van der Waals surface area (Å²) in [5.74, 6) is -2.36. The van der Waals surface area contributed by atoms with Crippen LogP contribution < -0.4 is 11.2 Å². The minimum atomic E-state index is -1.67. The van der Waals surface area contributed by atoms with Gasteiger partial charge in [-0.2, -0.15) is 0 Å². The molecule has 0 radical (unpaired) electrons. The number of aliphatic hydroxyl groups is 3. The number of nitrogens with zero attached hydrogens (tertiary/aromatic N) is 2. The second-order valence-corrected chi connectivity index (χ2v) is 6.23. The molecule has 2 heterocycles. The van der Waals surface area contributed by atoms with E-state index >= 15 is 0 Å². The lowest BCUT2D eigenvalue weighted by molar-refractivity contribution is -0.150. The van der Waals surface area contributed by atoms with Gasteiger partial charge in [0.15, 0.2) is 6.23 Å². The molecule has 0 aromatic carbocycles. The molecule has 1 aromatic heterocycles. The fourth-order valence-corrected chi connectivity index (χ4v) is 2.85. The smallest absolute Gasteiger partial charge is 0.330 e. The third-order valence-corrected chi connectivity index (χ3v) is 4.29. The largest absolute Gasteiger partial charge is 0.481 e. The SMILES string of the molecule is O=C(O)CCN(CCC(=O)O)C(O)[C@H]1O[C@@H](n2ccc(=O)[nH]c2=O)[C@H](O)[C@@H]1O. The third-order valence-electron chi connectivity index (χ3n) is 4.29. The van der Waals surface area contributed by atoms with Gasteiger partial charge in [-0.3, -0.25) is 28.8 Å². The van der Waals surface area contributed by atoms with E-state index < -0.39 is 66.8 Å². The number of H-pyrrole nitrogens is 1. The number of hydrogen-bond acceptors (Lipinski definition) is 9. The Morgan fingerprint density at radius 2 is 1.71 bits per heavy atom. The molecule has 2 rings (SSSR count). The van der Waals surface area contributed by atoms with Crippen molar-refractivity contribution in [1.82, 2.24) is 14.5 Å². The van der Waals surface area contributed by atoms with E-state index in [1.807, 2.05) is 4.98 Å². The number of aromatic nitrogens is 2. The van der Waals surface area contributed by atoms with Gasteiger partial charge in [0.05, 0.1) is 12.8 Å². The van der Waals surface area contributed by atoms with Crippen molar-refractivity contribution in [3.8, 4) is 0 Å². The molecule has 156 valence electrons. The second-order valence-electron chi connectivity index (χ2n) is 6.23. The summed E-state index contributed by atoms with van der Waals surface area (Å²) in [6.07, 6.45) is -7.66. The molecule has 1 aliphatic rings. The number of rotatable bonds is 9. The van der Waals surface area contributed by atoms with Crippen molar-refractivity contribution in [2.75, 3.05) is 13.1 Å². The van der Waals surface area contributed by atoms with E-state index in [-0.39, 0.29) is 13.1 Å². The molecule has 0 aliphatic carbocycles. The number of ether oxygens (including phenoxy) is 1. The van der Waals surface area contributed by atoms with Crippen LogP contribution in [0.5, 0.6) is 0 Å². The van der Waals surface area contributed by atoms with E-state index in [1.165, 1.54) is 0 Å². The Morgan fingerprint density at radius 3 is 2.21 bits per heavy atom. The summed E-state index contributed by atoms with van der Waals surface area (Å²) in [5.41, 5.74) is -1.59. The van der Waals surface area contributed by atoms with Gasteiger partial charge in [0.1, 0.15) is 24.5 Å². The van der Waals surface area contributed by atoms with Crippen molar-refractivity contribution < 1.29 is 39.9 Å². The van der Waals surface area contributed by atoms with Gasteiger partial charge in [-0.05, 0) is 0 Å². The molecule has 13 nitrogen and oxygen atoms in total. The number of carboxylic acid groups (broad SMARTS) is 2. The monoisotopic (exact) mass is 403 g/mol. The predicted molar refractivity (Wildman–Crippen MR) is 89.3 cm³/mol. The lowest BCUT2D eigenvalue weighted by Crippen LogP contribution is -2.50. The summed E-state index contributed by atoms with van der Waals surface area (Å²) in [6, 6.07) is 1.000. The first-order valence-corrected chi connectivity index (χ1v) is 8.30. The summed E-state index contributed by atoms with van der Waals surface area (Å²) in [5, 5.41) is 48.5. The molecule has 0 amide bonds. The van der Waals surface area contributed by atoms with E-state index in [1.54, 1.807) is 0 Å². The average Bonchev–Trinajstić information content (AvgIpc) is 2.89. The summed E-state index contributed by atoms with van der Waals surface area (Å²) in [7, 11) is 0. The minimum Gasteiger partial charge on any atom is -0.481 e. The molecule has 28 heavy (non-hydrogen) atoms. The van der Waals surface area contributed by atoms with Crippen LogP contribution in [-0.4, -0.2) is 89.6 Å². The maximum absolute atomic E-state index is 11.9. The fraction of sp³-hybridized carbons (Fsp3) is 0.600. The zero-order valence-corrected chi connectivity index (χ0v) is 14.5. The molecule has 5 atom stereocenters. The first-order valence-electron chi connectivity index (χ1n) is 8.30. The van der Waals surface area contributed by atoms with Crippen molar-refractivity contribution in [2.24, 2.45) is 0 Å². The Labute approximate surface area is 157 Å². The number of aromatic amines is 1. The summed E-state index contributed by atoms with van der Waals surface area (Å²) in [6.45, 7) is -0.481. The normalized spacial score (nSPS) is 25.7. The molecular weight excluding hydrogens is 382 g/mol. The Balaban J connectivity index is 2.20.